The van der Waals surface area contributed by atoms with Gasteiger partial charge in [-0.25, -0.2) is 19.7 Å². The lowest BCUT2D eigenvalue weighted by Gasteiger charge is -2.25. The Labute approximate surface area is 310 Å². The van der Waals surface area contributed by atoms with E-state index in [9.17, 15) is 19.2 Å². The standard InChI is InChI=1S/C36H22Cl2N4O6S3/c1-3-47-34(46)28-17(2)39-35-42(30(28)22-9-6-10-23(37)29(22)38)33(45)26(49-35)16-19-12-14-27(48-19)51-36-40-24-13-11-18(15-25(24)50-36)41-31(43)20-7-4-5-8-21(20)32(41)44/h4-16,30H,3H2,1-2H3/b26-16-/t30-/m0/s1. The van der Waals surface area contributed by atoms with Crippen molar-refractivity contribution in [2.45, 2.75) is 29.3 Å². The summed E-state index contributed by atoms with van der Waals surface area (Å²) in [6.07, 6.45) is 1.63. The molecule has 15 heteroatoms. The summed E-state index contributed by atoms with van der Waals surface area (Å²) in [4.78, 5) is 64.0. The predicted octanol–water partition coefficient (Wildman–Crippen LogP) is 7.26. The molecular formula is C36H22Cl2N4O6S3. The van der Waals surface area contributed by atoms with Crippen LogP contribution in [0.15, 0.2) is 108 Å². The molecule has 8 rings (SSSR count). The van der Waals surface area contributed by atoms with Gasteiger partial charge in [-0.05, 0) is 74.1 Å². The van der Waals surface area contributed by atoms with Gasteiger partial charge in [-0.1, -0.05) is 58.8 Å². The molecule has 2 amide bonds. The molecule has 2 aliphatic heterocycles. The fraction of sp³-hybridized carbons (Fsp3) is 0.111. The van der Waals surface area contributed by atoms with Gasteiger partial charge < -0.3 is 9.15 Å². The molecule has 1 atom stereocenters. The summed E-state index contributed by atoms with van der Waals surface area (Å²) in [5, 5.41) is 1.04. The highest BCUT2D eigenvalue weighted by Gasteiger charge is 2.37. The third-order valence-electron chi connectivity index (χ3n) is 8.26. The molecule has 10 nitrogen and oxygen atoms in total. The van der Waals surface area contributed by atoms with Crippen LogP contribution in [0.2, 0.25) is 10.0 Å². The minimum atomic E-state index is -0.909. The SMILES string of the molecule is CCOC(=O)C1=C(C)N=c2s/c(=C\c3ccc(Sc4nc5ccc(N6C(=O)c7ccccc7C6=O)cc5s4)o3)c(=O)n2[C@H]1c1cccc(Cl)c1Cl. The van der Waals surface area contributed by atoms with Crippen LogP contribution in [0.5, 0.6) is 0 Å². The number of amides is 2. The van der Waals surface area contributed by atoms with E-state index in [4.69, 9.17) is 37.3 Å². The van der Waals surface area contributed by atoms with Gasteiger partial charge in [0.15, 0.2) is 14.2 Å². The number of thiazole rings is 2. The second-order valence-corrected chi connectivity index (χ2v) is 15.4. The fourth-order valence-corrected chi connectivity index (χ4v) is 9.44. The Morgan fingerprint density at radius 2 is 1.76 bits per heavy atom. The van der Waals surface area contributed by atoms with Gasteiger partial charge in [-0.15, -0.1) is 11.3 Å². The highest BCUT2D eigenvalue weighted by atomic mass is 35.5. The lowest BCUT2D eigenvalue weighted by atomic mass is 9.96. The molecule has 3 aromatic heterocycles. The van der Waals surface area contributed by atoms with Crippen molar-refractivity contribution < 1.29 is 23.5 Å². The van der Waals surface area contributed by atoms with Crippen molar-refractivity contribution in [3.63, 3.8) is 0 Å². The van der Waals surface area contributed by atoms with Crippen molar-refractivity contribution in [2.75, 3.05) is 11.5 Å². The smallest absolute Gasteiger partial charge is 0.338 e. The Hall–Kier alpha value is -4.79. The molecule has 0 N–H and O–H groups in total. The fourth-order valence-electron chi connectivity index (χ4n) is 6.00. The summed E-state index contributed by atoms with van der Waals surface area (Å²) >= 11 is 16.8. The Balaban J connectivity index is 1.09. The number of carbonyl (C=O) groups is 3. The minimum absolute atomic E-state index is 0.142. The maximum absolute atomic E-state index is 14.0. The van der Waals surface area contributed by atoms with Crippen LogP contribution >= 0.6 is 57.6 Å². The van der Waals surface area contributed by atoms with Gasteiger partial charge in [0.2, 0.25) is 0 Å². The average molecular weight is 774 g/mol. The maximum Gasteiger partial charge on any atom is 0.338 e. The second-order valence-electron chi connectivity index (χ2n) is 11.3. The van der Waals surface area contributed by atoms with E-state index in [1.807, 2.05) is 0 Å². The van der Waals surface area contributed by atoms with Crippen molar-refractivity contribution in [2.24, 2.45) is 4.99 Å². The number of esters is 1. The Bertz CT molecular complexity index is 2660. The third-order valence-corrected chi connectivity index (χ3v) is 12.1. The lowest BCUT2D eigenvalue weighted by Crippen LogP contribution is -2.40. The normalized spacial score (nSPS) is 15.8. The molecule has 2 aliphatic rings. The first-order valence-corrected chi connectivity index (χ1v) is 18.6. The minimum Gasteiger partial charge on any atom is -0.463 e. The number of allylic oxidation sites excluding steroid dienone is 1. The van der Waals surface area contributed by atoms with E-state index in [-0.39, 0.29) is 39.6 Å². The molecule has 3 aromatic carbocycles. The first-order chi connectivity index (χ1) is 24.6. The molecule has 0 unspecified atom stereocenters. The lowest BCUT2D eigenvalue weighted by molar-refractivity contribution is -0.139. The monoisotopic (exact) mass is 772 g/mol. The van der Waals surface area contributed by atoms with Crippen molar-refractivity contribution in [3.8, 4) is 0 Å². The predicted molar refractivity (Wildman–Crippen MR) is 197 cm³/mol. The molecule has 0 spiro atoms. The molecule has 0 saturated carbocycles. The molecule has 6 aromatic rings. The van der Waals surface area contributed by atoms with Crippen molar-refractivity contribution in [1.29, 1.82) is 0 Å². The van der Waals surface area contributed by atoms with Gasteiger partial charge in [0.25, 0.3) is 17.4 Å². The van der Waals surface area contributed by atoms with Crippen LogP contribution in [0.25, 0.3) is 16.3 Å². The molecule has 0 radical (unpaired) electrons. The number of anilines is 1. The number of carbonyl (C=O) groups excluding carboxylic acids is 3. The quantitative estimate of drug-likeness (QED) is 0.123. The van der Waals surface area contributed by atoms with Gasteiger partial charge in [-0.3, -0.25) is 19.0 Å². The highest BCUT2D eigenvalue weighted by molar-refractivity contribution is 8.01. The molecule has 0 saturated heterocycles. The Kier molecular flexibility index (Phi) is 8.55. The van der Waals surface area contributed by atoms with E-state index >= 15 is 0 Å². The zero-order chi connectivity index (χ0) is 35.6. The van der Waals surface area contributed by atoms with Gasteiger partial charge >= 0.3 is 5.97 Å². The molecule has 5 heterocycles. The molecule has 0 aliphatic carbocycles. The first kappa shape index (κ1) is 33.4. The van der Waals surface area contributed by atoms with Crippen LogP contribution in [-0.4, -0.2) is 33.9 Å². The number of aromatic nitrogens is 2. The van der Waals surface area contributed by atoms with E-state index < -0.39 is 12.0 Å². The number of furan rings is 1. The molecule has 0 bridgehead atoms. The number of hydrogen-bond acceptors (Lipinski definition) is 11. The number of nitrogens with zero attached hydrogens (tertiary/aromatic N) is 4. The molecular weight excluding hydrogens is 752 g/mol. The van der Waals surface area contributed by atoms with Crippen LogP contribution in [0.3, 0.4) is 0 Å². The van der Waals surface area contributed by atoms with E-state index in [0.717, 1.165) is 16.0 Å². The number of hydrogen-bond donors (Lipinski definition) is 0. The van der Waals surface area contributed by atoms with Gasteiger partial charge in [-0.2, -0.15) is 0 Å². The van der Waals surface area contributed by atoms with Gasteiger partial charge in [0.05, 0.1) is 59.5 Å². The van der Waals surface area contributed by atoms with E-state index in [2.05, 4.69) is 4.99 Å². The number of benzene rings is 3. The van der Waals surface area contributed by atoms with Crippen LogP contribution in [0.4, 0.5) is 5.69 Å². The van der Waals surface area contributed by atoms with Gasteiger partial charge in [0, 0.05) is 11.6 Å². The largest absolute Gasteiger partial charge is 0.463 e. The molecule has 254 valence electrons. The summed E-state index contributed by atoms with van der Waals surface area (Å²) in [6, 6.07) is 19.7. The first-order valence-electron chi connectivity index (χ1n) is 15.4. The van der Waals surface area contributed by atoms with Crippen LogP contribution < -0.4 is 19.8 Å². The van der Waals surface area contributed by atoms with Gasteiger partial charge in [0.1, 0.15) is 11.8 Å². The van der Waals surface area contributed by atoms with Crippen LogP contribution in [0.1, 0.15) is 51.9 Å². The zero-order valence-corrected chi connectivity index (χ0v) is 30.5. The molecule has 0 fully saturated rings. The summed E-state index contributed by atoms with van der Waals surface area (Å²) < 4.78 is 14.7. The van der Waals surface area contributed by atoms with E-state index in [1.54, 1.807) is 92.7 Å². The van der Waals surface area contributed by atoms with E-state index in [1.165, 1.54) is 32.6 Å². The van der Waals surface area contributed by atoms with Crippen molar-refractivity contribution in [3.05, 3.63) is 136 Å². The van der Waals surface area contributed by atoms with Crippen LogP contribution in [0, 0.1) is 0 Å². The highest BCUT2D eigenvalue weighted by Crippen LogP contribution is 2.39. The third kappa shape index (κ3) is 5.75. The summed E-state index contributed by atoms with van der Waals surface area (Å²) in [5.74, 6) is -0.891. The average Bonchev–Trinajstić information content (AvgIpc) is 3.86. The number of ether oxygens (including phenoxy) is 1. The number of rotatable bonds is 7. The maximum atomic E-state index is 14.0. The zero-order valence-electron chi connectivity index (χ0n) is 26.5. The topological polar surface area (TPSA) is 124 Å². The summed E-state index contributed by atoms with van der Waals surface area (Å²) in [5.41, 5.74) is 2.63. The number of fused-ring (bicyclic) bond motifs is 3. The Morgan fingerprint density at radius 3 is 2.51 bits per heavy atom. The number of halogens is 2. The second kappa shape index (κ2) is 13.1. The Morgan fingerprint density at radius 1 is 1.00 bits per heavy atom. The molecule has 51 heavy (non-hydrogen) atoms. The van der Waals surface area contributed by atoms with Crippen molar-refractivity contribution >= 4 is 97.4 Å². The number of imide groups is 1. The summed E-state index contributed by atoms with van der Waals surface area (Å²) in [7, 11) is 0. The van der Waals surface area contributed by atoms with Crippen LogP contribution in [-0.2, 0) is 9.53 Å². The van der Waals surface area contributed by atoms with E-state index in [0.29, 0.717) is 58.1 Å². The summed E-state index contributed by atoms with van der Waals surface area (Å²) in [6.45, 7) is 3.54. The van der Waals surface area contributed by atoms with Crippen molar-refractivity contribution in [1.82, 2.24) is 9.55 Å².